The van der Waals surface area contributed by atoms with Crippen molar-refractivity contribution in [1.29, 1.82) is 0 Å². The minimum Gasteiger partial charge on any atom is -0.399 e. The van der Waals surface area contributed by atoms with Crippen molar-refractivity contribution in [1.82, 2.24) is 15.2 Å². The smallest absolute Gasteiger partial charge is 0.153 e. The molecule has 0 atom stereocenters. The molecule has 0 aliphatic rings. The van der Waals surface area contributed by atoms with E-state index in [9.17, 15) is 0 Å². The van der Waals surface area contributed by atoms with Crippen LogP contribution in [0.15, 0.2) is 24.3 Å². The third-order valence-electron chi connectivity index (χ3n) is 2.39. The van der Waals surface area contributed by atoms with Gasteiger partial charge < -0.3 is 5.73 Å². The van der Waals surface area contributed by atoms with Crippen molar-refractivity contribution < 1.29 is 0 Å². The predicted molar refractivity (Wildman–Crippen MR) is 64.1 cm³/mol. The van der Waals surface area contributed by atoms with E-state index in [-0.39, 0.29) is 0 Å². The highest BCUT2D eigenvalue weighted by molar-refractivity contribution is 5.41. The van der Waals surface area contributed by atoms with Gasteiger partial charge in [-0.25, -0.2) is 4.98 Å². The average molecular weight is 216 g/mol. The first kappa shape index (κ1) is 10.7. The summed E-state index contributed by atoms with van der Waals surface area (Å²) in [5, 5.41) is 7.12. The SMILES string of the molecule is CC(C)c1n[nH]c(Cc2cccc(N)c2)n1. The number of aromatic nitrogens is 3. The van der Waals surface area contributed by atoms with Gasteiger partial charge in [-0.3, -0.25) is 5.10 Å². The summed E-state index contributed by atoms with van der Waals surface area (Å²) in [5.74, 6) is 2.10. The second-order valence-electron chi connectivity index (χ2n) is 4.22. The summed E-state index contributed by atoms with van der Waals surface area (Å²) < 4.78 is 0. The average Bonchev–Trinajstić information content (AvgIpc) is 2.66. The van der Waals surface area contributed by atoms with Gasteiger partial charge in [0.2, 0.25) is 0 Å². The molecule has 4 heteroatoms. The number of nitrogens with two attached hydrogens (primary N) is 1. The van der Waals surface area contributed by atoms with Gasteiger partial charge >= 0.3 is 0 Å². The summed E-state index contributed by atoms with van der Waals surface area (Å²) in [5.41, 5.74) is 7.64. The van der Waals surface area contributed by atoms with Gasteiger partial charge in [-0.1, -0.05) is 26.0 Å². The van der Waals surface area contributed by atoms with E-state index >= 15 is 0 Å². The Morgan fingerprint density at radius 3 is 2.81 bits per heavy atom. The zero-order valence-corrected chi connectivity index (χ0v) is 9.57. The molecule has 1 aromatic heterocycles. The number of aromatic amines is 1. The quantitative estimate of drug-likeness (QED) is 0.772. The van der Waals surface area contributed by atoms with Gasteiger partial charge in [0.15, 0.2) is 5.82 Å². The first-order valence-electron chi connectivity index (χ1n) is 5.40. The van der Waals surface area contributed by atoms with E-state index in [1.54, 1.807) is 0 Å². The van der Waals surface area contributed by atoms with Crippen molar-refractivity contribution >= 4 is 5.69 Å². The molecule has 2 rings (SSSR count). The van der Waals surface area contributed by atoms with E-state index < -0.39 is 0 Å². The van der Waals surface area contributed by atoms with Crippen LogP contribution < -0.4 is 5.73 Å². The second kappa shape index (κ2) is 4.35. The minimum atomic E-state index is 0.353. The van der Waals surface area contributed by atoms with Crippen LogP contribution in [-0.2, 0) is 6.42 Å². The number of rotatable bonds is 3. The van der Waals surface area contributed by atoms with E-state index in [2.05, 4.69) is 29.0 Å². The van der Waals surface area contributed by atoms with Crippen LogP contribution in [0.5, 0.6) is 0 Å². The maximum absolute atomic E-state index is 5.72. The lowest BCUT2D eigenvalue weighted by atomic mass is 10.1. The van der Waals surface area contributed by atoms with Crippen molar-refractivity contribution in [2.24, 2.45) is 0 Å². The van der Waals surface area contributed by atoms with Crippen molar-refractivity contribution in [3.8, 4) is 0 Å². The van der Waals surface area contributed by atoms with Crippen LogP contribution in [0.25, 0.3) is 0 Å². The highest BCUT2D eigenvalue weighted by atomic mass is 15.2. The molecule has 0 radical (unpaired) electrons. The molecule has 0 bridgehead atoms. The number of benzene rings is 1. The fraction of sp³-hybridized carbons (Fsp3) is 0.333. The van der Waals surface area contributed by atoms with Gasteiger partial charge in [0.25, 0.3) is 0 Å². The summed E-state index contributed by atoms with van der Waals surface area (Å²) >= 11 is 0. The number of nitrogen functional groups attached to an aromatic ring is 1. The van der Waals surface area contributed by atoms with E-state index in [0.29, 0.717) is 5.92 Å². The molecule has 0 aliphatic heterocycles. The summed E-state index contributed by atoms with van der Waals surface area (Å²) in [4.78, 5) is 4.43. The number of H-pyrrole nitrogens is 1. The van der Waals surface area contributed by atoms with E-state index in [4.69, 9.17) is 5.73 Å². The molecular formula is C12H16N4. The summed E-state index contributed by atoms with van der Waals surface area (Å²) in [7, 11) is 0. The number of nitrogens with zero attached hydrogens (tertiary/aromatic N) is 2. The highest BCUT2D eigenvalue weighted by Crippen LogP contribution is 2.12. The molecule has 84 valence electrons. The molecule has 3 N–H and O–H groups in total. The Morgan fingerprint density at radius 2 is 2.19 bits per heavy atom. The van der Waals surface area contributed by atoms with E-state index in [1.807, 2.05) is 24.3 Å². The minimum absolute atomic E-state index is 0.353. The van der Waals surface area contributed by atoms with Crippen molar-refractivity contribution in [2.45, 2.75) is 26.2 Å². The lowest BCUT2D eigenvalue weighted by Crippen LogP contribution is -1.94. The standard InChI is InChI=1S/C12H16N4/c1-8(2)12-14-11(15-16-12)7-9-4-3-5-10(13)6-9/h3-6,8H,7,13H2,1-2H3,(H,14,15,16). The Balaban J connectivity index is 2.14. The van der Waals surface area contributed by atoms with Crippen LogP contribution in [0, 0.1) is 0 Å². The molecule has 0 aliphatic carbocycles. The number of anilines is 1. The largest absolute Gasteiger partial charge is 0.399 e. The molecule has 0 amide bonds. The Bertz CT molecular complexity index is 473. The monoisotopic (exact) mass is 216 g/mol. The number of hydrogen-bond donors (Lipinski definition) is 2. The highest BCUT2D eigenvalue weighted by Gasteiger charge is 2.07. The molecule has 1 aromatic carbocycles. The molecule has 0 fully saturated rings. The molecule has 2 aromatic rings. The fourth-order valence-electron chi connectivity index (χ4n) is 1.54. The van der Waals surface area contributed by atoms with Crippen molar-refractivity contribution in [2.75, 3.05) is 5.73 Å². The third-order valence-corrected chi connectivity index (χ3v) is 2.39. The van der Waals surface area contributed by atoms with Crippen LogP contribution in [-0.4, -0.2) is 15.2 Å². The van der Waals surface area contributed by atoms with Crippen molar-refractivity contribution in [3.05, 3.63) is 41.5 Å². The topological polar surface area (TPSA) is 67.6 Å². The molecular weight excluding hydrogens is 200 g/mol. The summed E-state index contributed by atoms with van der Waals surface area (Å²) in [6.45, 7) is 4.15. The van der Waals surface area contributed by atoms with Crippen molar-refractivity contribution in [3.63, 3.8) is 0 Å². The summed E-state index contributed by atoms with van der Waals surface area (Å²) in [6, 6.07) is 7.82. The maximum atomic E-state index is 5.72. The first-order valence-corrected chi connectivity index (χ1v) is 5.40. The van der Waals surface area contributed by atoms with Gasteiger partial charge in [0, 0.05) is 18.0 Å². The van der Waals surface area contributed by atoms with Gasteiger partial charge in [0.1, 0.15) is 5.82 Å². The fourth-order valence-corrected chi connectivity index (χ4v) is 1.54. The number of hydrogen-bond acceptors (Lipinski definition) is 3. The van der Waals surface area contributed by atoms with Crippen LogP contribution in [0.3, 0.4) is 0 Å². The Kier molecular flexibility index (Phi) is 2.90. The lowest BCUT2D eigenvalue weighted by Gasteiger charge is -1.99. The molecule has 16 heavy (non-hydrogen) atoms. The summed E-state index contributed by atoms with van der Waals surface area (Å²) in [6.07, 6.45) is 0.741. The first-order chi connectivity index (χ1) is 7.65. The normalized spacial score (nSPS) is 10.9. The molecule has 0 saturated carbocycles. The Labute approximate surface area is 94.9 Å². The van der Waals surface area contributed by atoms with Gasteiger partial charge in [-0.15, -0.1) is 0 Å². The zero-order valence-electron chi connectivity index (χ0n) is 9.57. The maximum Gasteiger partial charge on any atom is 0.153 e. The van der Waals surface area contributed by atoms with Gasteiger partial charge in [-0.05, 0) is 17.7 Å². The molecule has 1 heterocycles. The van der Waals surface area contributed by atoms with Gasteiger partial charge in [-0.2, -0.15) is 5.10 Å². The van der Waals surface area contributed by atoms with Gasteiger partial charge in [0.05, 0.1) is 0 Å². The molecule has 4 nitrogen and oxygen atoms in total. The van der Waals surface area contributed by atoms with Crippen LogP contribution >= 0.6 is 0 Å². The Morgan fingerprint density at radius 1 is 1.38 bits per heavy atom. The third kappa shape index (κ3) is 2.39. The number of nitrogens with one attached hydrogen (secondary N) is 1. The second-order valence-corrected chi connectivity index (χ2v) is 4.22. The van der Waals surface area contributed by atoms with Crippen LogP contribution in [0.4, 0.5) is 5.69 Å². The predicted octanol–water partition coefficient (Wildman–Crippen LogP) is 2.10. The van der Waals surface area contributed by atoms with E-state index in [0.717, 1.165) is 29.3 Å². The molecule has 0 unspecified atom stereocenters. The molecule has 0 saturated heterocycles. The van der Waals surface area contributed by atoms with Crippen LogP contribution in [0.2, 0.25) is 0 Å². The lowest BCUT2D eigenvalue weighted by molar-refractivity contribution is 0.780. The van der Waals surface area contributed by atoms with E-state index in [1.165, 1.54) is 0 Å². The zero-order chi connectivity index (χ0) is 11.5. The molecule has 0 spiro atoms. The Hall–Kier alpha value is -1.84. The van der Waals surface area contributed by atoms with Crippen LogP contribution in [0.1, 0.15) is 37.0 Å².